The molecule has 3 heterocycles. The fourth-order valence-electron chi connectivity index (χ4n) is 4.32. The molecule has 1 aromatic heterocycles. The number of nitrogens with zero attached hydrogens (tertiary/aromatic N) is 4. The van der Waals surface area contributed by atoms with Crippen LogP contribution < -0.4 is 9.64 Å². The van der Waals surface area contributed by atoms with Crippen LogP contribution in [-0.2, 0) is 22.4 Å². The van der Waals surface area contributed by atoms with Crippen LogP contribution in [0.2, 0.25) is 0 Å². The van der Waals surface area contributed by atoms with Crippen LogP contribution in [-0.4, -0.2) is 61.3 Å². The van der Waals surface area contributed by atoms with Crippen LogP contribution in [0.4, 0.5) is 14.7 Å². The lowest BCUT2D eigenvalue weighted by Crippen LogP contribution is -2.59. The average Bonchev–Trinajstić information content (AvgIpc) is 3.29. The van der Waals surface area contributed by atoms with Gasteiger partial charge in [0.2, 0.25) is 16.0 Å². The number of β-amino-alcohol motifs (C(OH)–C–C–N with tert-alkyl or cyclic N) is 1. The SMILES string of the molecule is C[C@H]1[C@H](O)CN1c1nc(-c2ccc3c(c2)OCC3C=NS(C)(=O)=O)c2c(n1)C(F)(F)CC2. The molecule has 11 heteroatoms. The number of halogens is 2. The molecule has 1 unspecified atom stereocenters. The van der Waals surface area contributed by atoms with Crippen LogP contribution in [0.5, 0.6) is 5.75 Å². The van der Waals surface area contributed by atoms with E-state index in [1.54, 1.807) is 30.0 Å². The minimum Gasteiger partial charge on any atom is -0.492 e. The highest BCUT2D eigenvalue weighted by molar-refractivity contribution is 7.89. The van der Waals surface area contributed by atoms with Crippen molar-refractivity contribution in [2.24, 2.45) is 4.40 Å². The maximum atomic E-state index is 14.6. The van der Waals surface area contributed by atoms with Crippen molar-refractivity contribution < 1.29 is 27.0 Å². The van der Waals surface area contributed by atoms with Crippen LogP contribution in [0.1, 0.15) is 36.1 Å². The Morgan fingerprint density at radius 3 is 2.81 bits per heavy atom. The van der Waals surface area contributed by atoms with E-state index in [1.807, 2.05) is 0 Å². The maximum Gasteiger partial charge on any atom is 0.290 e. The number of sulfonamides is 1. The second-order valence-electron chi connectivity index (χ2n) is 8.52. The number of aromatic nitrogens is 2. The van der Waals surface area contributed by atoms with E-state index in [-0.39, 0.29) is 43.1 Å². The lowest BCUT2D eigenvalue weighted by atomic mass is 9.98. The van der Waals surface area contributed by atoms with E-state index in [2.05, 4.69) is 14.4 Å². The monoisotopic (exact) mass is 464 g/mol. The van der Waals surface area contributed by atoms with Gasteiger partial charge < -0.3 is 14.7 Å². The van der Waals surface area contributed by atoms with Gasteiger partial charge in [-0.05, 0) is 19.4 Å². The summed E-state index contributed by atoms with van der Waals surface area (Å²) in [5, 5.41) is 9.85. The van der Waals surface area contributed by atoms with E-state index in [0.29, 0.717) is 29.1 Å². The molecule has 0 saturated carbocycles. The van der Waals surface area contributed by atoms with Crippen molar-refractivity contribution in [1.82, 2.24) is 9.97 Å². The number of ether oxygens (including phenoxy) is 1. The molecule has 0 radical (unpaired) electrons. The number of hydrogen-bond donors (Lipinski definition) is 1. The van der Waals surface area contributed by atoms with Crippen LogP contribution in [0.15, 0.2) is 22.6 Å². The maximum absolute atomic E-state index is 14.6. The summed E-state index contributed by atoms with van der Waals surface area (Å²) in [7, 11) is -3.50. The van der Waals surface area contributed by atoms with Gasteiger partial charge >= 0.3 is 0 Å². The zero-order valence-corrected chi connectivity index (χ0v) is 18.3. The zero-order valence-electron chi connectivity index (χ0n) is 17.5. The molecule has 3 aliphatic rings. The summed E-state index contributed by atoms with van der Waals surface area (Å²) >= 11 is 0. The van der Waals surface area contributed by atoms with E-state index in [1.165, 1.54) is 6.21 Å². The summed E-state index contributed by atoms with van der Waals surface area (Å²) in [4.78, 5) is 10.5. The second kappa shape index (κ2) is 7.17. The largest absolute Gasteiger partial charge is 0.492 e. The Bertz CT molecular complexity index is 1230. The van der Waals surface area contributed by atoms with Crippen molar-refractivity contribution in [2.45, 2.75) is 43.8 Å². The van der Waals surface area contributed by atoms with E-state index in [0.717, 1.165) is 11.8 Å². The molecule has 1 N–H and O–H groups in total. The Kier molecular flexibility index (Phi) is 4.75. The first kappa shape index (κ1) is 21.2. The molecular formula is C21H22F2N4O4S. The van der Waals surface area contributed by atoms with Gasteiger partial charge in [-0.2, -0.15) is 13.2 Å². The van der Waals surface area contributed by atoms with Crippen molar-refractivity contribution in [3.63, 3.8) is 0 Å². The van der Waals surface area contributed by atoms with Crippen LogP contribution in [0.25, 0.3) is 11.3 Å². The fraction of sp³-hybridized carbons (Fsp3) is 0.476. The molecule has 1 aromatic carbocycles. The summed E-state index contributed by atoms with van der Waals surface area (Å²) in [6, 6.07) is 5.04. The third-order valence-corrected chi connectivity index (χ3v) is 6.76. The molecule has 2 aromatic rings. The van der Waals surface area contributed by atoms with E-state index < -0.39 is 22.0 Å². The minimum absolute atomic E-state index is 0.164. The molecule has 0 amide bonds. The summed E-state index contributed by atoms with van der Waals surface area (Å²) in [5.74, 6) is -2.63. The Morgan fingerprint density at radius 1 is 1.34 bits per heavy atom. The average molecular weight is 464 g/mol. The second-order valence-corrected chi connectivity index (χ2v) is 10.2. The van der Waals surface area contributed by atoms with E-state index in [4.69, 9.17) is 4.74 Å². The molecule has 32 heavy (non-hydrogen) atoms. The Balaban J connectivity index is 1.56. The molecule has 3 atom stereocenters. The molecule has 1 aliphatic carbocycles. The highest BCUT2D eigenvalue weighted by atomic mass is 32.2. The van der Waals surface area contributed by atoms with Crippen molar-refractivity contribution in [3.8, 4) is 17.0 Å². The predicted octanol–water partition coefficient (Wildman–Crippen LogP) is 2.26. The van der Waals surface area contributed by atoms with Crippen molar-refractivity contribution >= 4 is 22.2 Å². The highest BCUT2D eigenvalue weighted by Gasteiger charge is 2.45. The summed E-state index contributed by atoms with van der Waals surface area (Å²) < 4.78 is 61.1. The van der Waals surface area contributed by atoms with Gasteiger partial charge in [-0.1, -0.05) is 12.1 Å². The van der Waals surface area contributed by atoms with Gasteiger partial charge in [0.05, 0.1) is 30.0 Å². The van der Waals surface area contributed by atoms with Gasteiger partial charge in [-0.15, -0.1) is 0 Å². The van der Waals surface area contributed by atoms with Gasteiger partial charge in [0, 0.05) is 35.9 Å². The van der Waals surface area contributed by atoms with Crippen molar-refractivity contribution in [2.75, 3.05) is 24.3 Å². The molecule has 5 rings (SSSR count). The number of aliphatic hydroxyl groups excluding tert-OH is 1. The standard InChI is InChI=1S/C21H22F2N4O4S/c1-11-16(28)9-27(11)20-25-18(15-5-6-21(22,23)19(15)26-20)12-3-4-14-13(8-24-32(2,29)30)10-31-17(14)7-12/h3-4,7-8,11,13,16,28H,5-6,9-10H2,1-2H3/t11-,13?,16+/m0/s1. The minimum atomic E-state index is -3.50. The van der Waals surface area contributed by atoms with Gasteiger partial charge in [-0.3, -0.25) is 0 Å². The first-order valence-corrected chi connectivity index (χ1v) is 12.1. The summed E-state index contributed by atoms with van der Waals surface area (Å²) in [6.07, 6.45) is 1.66. The van der Waals surface area contributed by atoms with Crippen LogP contribution >= 0.6 is 0 Å². The van der Waals surface area contributed by atoms with Gasteiger partial charge in [0.25, 0.3) is 5.92 Å². The Morgan fingerprint density at radius 2 is 2.12 bits per heavy atom. The lowest BCUT2D eigenvalue weighted by molar-refractivity contribution is -0.00603. The number of fused-ring (bicyclic) bond motifs is 2. The molecule has 8 nitrogen and oxygen atoms in total. The van der Waals surface area contributed by atoms with Crippen LogP contribution in [0.3, 0.4) is 0 Å². The number of anilines is 1. The molecule has 2 aliphatic heterocycles. The van der Waals surface area contributed by atoms with Gasteiger partial charge in [0.15, 0.2) is 0 Å². The first-order chi connectivity index (χ1) is 15.0. The quantitative estimate of drug-likeness (QED) is 0.692. The smallest absolute Gasteiger partial charge is 0.290 e. The number of rotatable bonds is 4. The number of hydrogen-bond acceptors (Lipinski definition) is 7. The Labute approximate surface area is 184 Å². The third-order valence-electron chi connectivity index (χ3n) is 6.26. The molecule has 1 saturated heterocycles. The number of alkyl halides is 2. The summed E-state index contributed by atoms with van der Waals surface area (Å²) in [6.45, 7) is 2.33. The fourth-order valence-corrected chi connectivity index (χ4v) is 4.69. The van der Waals surface area contributed by atoms with Crippen molar-refractivity contribution in [1.29, 1.82) is 0 Å². The normalized spacial score (nSPS) is 26.0. The molecule has 170 valence electrons. The number of aliphatic hydroxyl groups is 1. The van der Waals surface area contributed by atoms with E-state index >= 15 is 0 Å². The lowest BCUT2D eigenvalue weighted by Gasteiger charge is -2.43. The van der Waals surface area contributed by atoms with E-state index in [9.17, 15) is 22.3 Å². The summed E-state index contributed by atoms with van der Waals surface area (Å²) in [5.41, 5.74) is 1.98. The van der Waals surface area contributed by atoms with Crippen LogP contribution in [0, 0.1) is 0 Å². The number of benzene rings is 1. The predicted molar refractivity (Wildman–Crippen MR) is 114 cm³/mol. The topological polar surface area (TPSA) is 105 Å². The first-order valence-electron chi connectivity index (χ1n) is 10.3. The van der Waals surface area contributed by atoms with Crippen molar-refractivity contribution in [3.05, 3.63) is 35.0 Å². The van der Waals surface area contributed by atoms with Gasteiger partial charge in [0.1, 0.15) is 18.1 Å². The highest BCUT2D eigenvalue weighted by Crippen LogP contribution is 2.46. The molecule has 0 spiro atoms. The molecule has 1 fully saturated rings. The molecule has 0 bridgehead atoms. The molecular weight excluding hydrogens is 442 g/mol. The van der Waals surface area contributed by atoms with Gasteiger partial charge in [-0.25, -0.2) is 18.4 Å². The zero-order chi connectivity index (χ0) is 22.8. The third kappa shape index (κ3) is 3.53. The Hall–Kier alpha value is -2.66.